The summed E-state index contributed by atoms with van der Waals surface area (Å²) in [6.07, 6.45) is 4.60. The largest absolute Gasteiger partial charge is 0.383 e. The molecule has 1 amide bonds. The average Bonchev–Trinajstić information content (AvgIpc) is 3.16. The van der Waals surface area contributed by atoms with Crippen LogP contribution in [0.4, 0.5) is 5.69 Å². The maximum atomic E-state index is 12.1. The van der Waals surface area contributed by atoms with Crippen LogP contribution in [0.5, 0.6) is 0 Å². The van der Waals surface area contributed by atoms with Gasteiger partial charge in [-0.25, -0.2) is 4.98 Å². The third-order valence-corrected chi connectivity index (χ3v) is 4.84. The van der Waals surface area contributed by atoms with Crippen LogP contribution >= 0.6 is 23.2 Å². The molecule has 138 valence electrons. The number of halogens is 2. The molecule has 0 saturated carbocycles. The van der Waals surface area contributed by atoms with Gasteiger partial charge in [-0.2, -0.15) is 0 Å². The summed E-state index contributed by atoms with van der Waals surface area (Å²) in [6.45, 7) is 2.01. The van der Waals surface area contributed by atoms with Crippen molar-refractivity contribution >= 4 is 34.8 Å². The van der Waals surface area contributed by atoms with Crippen molar-refractivity contribution in [1.82, 2.24) is 10.3 Å². The molecular weight excluding hydrogens is 373 g/mol. The quantitative estimate of drug-likeness (QED) is 0.747. The number of benzene rings is 1. The number of carbonyl (C=O) groups excluding carboxylic acids is 1. The molecule has 2 aromatic rings. The molecule has 1 aromatic carbocycles. The van der Waals surface area contributed by atoms with Crippen molar-refractivity contribution in [3.8, 4) is 0 Å². The fraction of sp³-hybridized carbons (Fsp3) is 0.368. The number of pyridine rings is 1. The Labute approximate surface area is 163 Å². The number of hydrogen-bond donors (Lipinski definition) is 2. The van der Waals surface area contributed by atoms with Gasteiger partial charge in [0.1, 0.15) is 5.69 Å². The van der Waals surface area contributed by atoms with Crippen molar-refractivity contribution < 1.29 is 9.53 Å². The minimum atomic E-state index is -0.181. The van der Waals surface area contributed by atoms with Gasteiger partial charge in [-0.15, -0.1) is 0 Å². The molecule has 0 bridgehead atoms. The summed E-state index contributed by atoms with van der Waals surface area (Å²) in [5, 5.41) is 7.43. The van der Waals surface area contributed by atoms with E-state index in [1.807, 2.05) is 18.2 Å². The number of nitrogens with zero attached hydrogens (tertiary/aromatic N) is 1. The van der Waals surface area contributed by atoms with E-state index in [2.05, 4.69) is 15.6 Å². The first-order chi connectivity index (χ1) is 12.6. The van der Waals surface area contributed by atoms with Crippen molar-refractivity contribution in [2.75, 3.05) is 25.0 Å². The van der Waals surface area contributed by atoms with Crippen LogP contribution in [0.3, 0.4) is 0 Å². The van der Waals surface area contributed by atoms with E-state index in [9.17, 15) is 4.79 Å². The third kappa shape index (κ3) is 5.34. The zero-order valence-electron chi connectivity index (χ0n) is 14.3. The van der Waals surface area contributed by atoms with Crippen molar-refractivity contribution in [3.05, 3.63) is 57.8 Å². The molecule has 1 saturated heterocycles. The Morgan fingerprint density at radius 2 is 2.15 bits per heavy atom. The lowest BCUT2D eigenvalue weighted by molar-refractivity contribution is 0.0854. The normalized spacial score (nSPS) is 16.5. The van der Waals surface area contributed by atoms with E-state index in [4.69, 9.17) is 27.9 Å². The first kappa shape index (κ1) is 19.0. The highest BCUT2D eigenvalue weighted by Gasteiger charge is 2.17. The summed E-state index contributed by atoms with van der Waals surface area (Å²) < 4.78 is 5.49. The molecule has 3 rings (SSSR count). The Bertz CT molecular complexity index is 747. The highest BCUT2D eigenvalue weighted by molar-refractivity contribution is 6.35. The SMILES string of the molecule is O=C(NCC1CCCO1)c1ccc(NCCc2ccc(Cl)cc2Cl)cn1. The average molecular weight is 394 g/mol. The third-order valence-electron chi connectivity index (χ3n) is 4.25. The van der Waals surface area contributed by atoms with Crippen molar-refractivity contribution in [2.24, 2.45) is 0 Å². The second kappa shape index (κ2) is 9.21. The first-order valence-corrected chi connectivity index (χ1v) is 9.41. The van der Waals surface area contributed by atoms with E-state index in [0.29, 0.717) is 28.8 Å². The smallest absolute Gasteiger partial charge is 0.269 e. The van der Waals surface area contributed by atoms with E-state index >= 15 is 0 Å². The van der Waals surface area contributed by atoms with Gasteiger partial charge >= 0.3 is 0 Å². The van der Waals surface area contributed by atoms with E-state index in [1.54, 1.807) is 18.3 Å². The lowest BCUT2D eigenvalue weighted by atomic mass is 10.1. The fourth-order valence-corrected chi connectivity index (χ4v) is 3.30. The molecule has 0 spiro atoms. The summed E-state index contributed by atoms with van der Waals surface area (Å²) in [5.74, 6) is -0.181. The number of rotatable bonds is 7. The standard InChI is InChI=1S/C19H21Cl2N3O2/c20-14-4-3-13(17(21)10-14)7-8-22-15-5-6-18(23-11-15)19(25)24-12-16-2-1-9-26-16/h3-6,10-11,16,22H,1-2,7-9,12H2,(H,24,25). The lowest BCUT2D eigenvalue weighted by Crippen LogP contribution is -2.32. The summed E-state index contributed by atoms with van der Waals surface area (Å²) in [6, 6.07) is 9.05. The molecule has 7 heteroatoms. The molecule has 2 N–H and O–H groups in total. The highest BCUT2D eigenvalue weighted by Crippen LogP contribution is 2.21. The molecule has 1 aliphatic heterocycles. The van der Waals surface area contributed by atoms with Crippen molar-refractivity contribution in [2.45, 2.75) is 25.4 Å². The highest BCUT2D eigenvalue weighted by atomic mass is 35.5. The van der Waals surface area contributed by atoms with Crippen molar-refractivity contribution in [1.29, 1.82) is 0 Å². The maximum Gasteiger partial charge on any atom is 0.269 e. The van der Waals surface area contributed by atoms with Crippen LogP contribution in [0.25, 0.3) is 0 Å². The van der Waals surface area contributed by atoms with E-state index in [-0.39, 0.29) is 12.0 Å². The van der Waals surface area contributed by atoms with Gasteiger partial charge in [0, 0.05) is 29.7 Å². The van der Waals surface area contributed by atoms with Crippen LogP contribution < -0.4 is 10.6 Å². The Kier molecular flexibility index (Phi) is 6.72. The molecule has 26 heavy (non-hydrogen) atoms. The number of anilines is 1. The molecule has 0 radical (unpaired) electrons. The fourth-order valence-electron chi connectivity index (χ4n) is 2.80. The van der Waals surface area contributed by atoms with Gasteiger partial charge in [0.25, 0.3) is 5.91 Å². The second-order valence-electron chi connectivity index (χ2n) is 6.19. The second-order valence-corrected chi connectivity index (χ2v) is 7.03. The lowest BCUT2D eigenvalue weighted by Gasteiger charge is -2.11. The summed E-state index contributed by atoms with van der Waals surface area (Å²) in [7, 11) is 0. The minimum absolute atomic E-state index is 0.125. The number of amides is 1. The Balaban J connectivity index is 1.45. The van der Waals surface area contributed by atoms with Gasteiger partial charge in [-0.3, -0.25) is 4.79 Å². The number of ether oxygens (including phenoxy) is 1. The first-order valence-electron chi connectivity index (χ1n) is 8.65. The van der Waals surface area contributed by atoms with E-state index < -0.39 is 0 Å². The molecule has 2 heterocycles. The Hall–Kier alpha value is -1.82. The Morgan fingerprint density at radius 3 is 2.85 bits per heavy atom. The minimum Gasteiger partial charge on any atom is -0.383 e. The molecule has 1 atom stereocenters. The molecule has 0 aliphatic carbocycles. The maximum absolute atomic E-state index is 12.1. The molecule has 5 nitrogen and oxygen atoms in total. The van der Waals surface area contributed by atoms with Crippen LogP contribution in [-0.4, -0.2) is 36.7 Å². The van der Waals surface area contributed by atoms with Crippen LogP contribution in [0.1, 0.15) is 28.9 Å². The summed E-state index contributed by atoms with van der Waals surface area (Å²) in [4.78, 5) is 16.3. The zero-order valence-corrected chi connectivity index (χ0v) is 15.8. The topological polar surface area (TPSA) is 63.2 Å². The monoisotopic (exact) mass is 393 g/mol. The van der Waals surface area contributed by atoms with Gasteiger partial charge < -0.3 is 15.4 Å². The number of nitrogens with one attached hydrogen (secondary N) is 2. The number of aromatic nitrogens is 1. The predicted octanol–water partition coefficient (Wildman–Crippen LogP) is 3.95. The molecular formula is C19H21Cl2N3O2. The zero-order chi connectivity index (χ0) is 18.4. The van der Waals surface area contributed by atoms with Gasteiger partial charge in [-0.05, 0) is 49.1 Å². The van der Waals surface area contributed by atoms with Crippen LogP contribution in [0, 0.1) is 0 Å². The van der Waals surface area contributed by atoms with Gasteiger partial charge in [-0.1, -0.05) is 29.3 Å². The van der Waals surface area contributed by atoms with E-state index in [0.717, 1.165) is 37.1 Å². The molecule has 1 aliphatic rings. The molecule has 1 fully saturated rings. The summed E-state index contributed by atoms with van der Waals surface area (Å²) in [5.41, 5.74) is 2.28. The van der Waals surface area contributed by atoms with Crippen molar-refractivity contribution in [3.63, 3.8) is 0 Å². The van der Waals surface area contributed by atoms with Gasteiger partial charge in [0.05, 0.1) is 18.0 Å². The predicted molar refractivity (Wildman–Crippen MR) is 104 cm³/mol. The van der Waals surface area contributed by atoms with E-state index in [1.165, 1.54) is 0 Å². The number of carbonyl (C=O) groups is 1. The van der Waals surface area contributed by atoms with Crippen LogP contribution in [-0.2, 0) is 11.2 Å². The Morgan fingerprint density at radius 1 is 1.27 bits per heavy atom. The number of hydrogen-bond acceptors (Lipinski definition) is 4. The van der Waals surface area contributed by atoms with Crippen LogP contribution in [0.15, 0.2) is 36.5 Å². The molecule has 1 unspecified atom stereocenters. The van der Waals surface area contributed by atoms with Gasteiger partial charge in [0.15, 0.2) is 0 Å². The van der Waals surface area contributed by atoms with Gasteiger partial charge in [0.2, 0.25) is 0 Å². The summed E-state index contributed by atoms with van der Waals surface area (Å²) >= 11 is 12.1. The van der Waals surface area contributed by atoms with Crippen LogP contribution in [0.2, 0.25) is 10.0 Å². The molecule has 1 aromatic heterocycles.